The molecule has 1 atom stereocenters. The quantitative estimate of drug-likeness (QED) is 0.658. The lowest BCUT2D eigenvalue weighted by Crippen LogP contribution is -2.42. The van der Waals surface area contributed by atoms with Gasteiger partial charge in [-0.3, -0.25) is 4.79 Å². The van der Waals surface area contributed by atoms with Gasteiger partial charge in [0.25, 0.3) is 0 Å². The minimum atomic E-state index is -1.000. The molecule has 0 aromatic rings. The molecule has 1 heterocycles. The maximum absolute atomic E-state index is 11.7. The van der Waals surface area contributed by atoms with Crippen LogP contribution in [0.4, 0.5) is 4.79 Å². The number of carboxylic acids is 1. The van der Waals surface area contributed by atoms with Crippen LogP contribution in [0.3, 0.4) is 0 Å². The van der Waals surface area contributed by atoms with E-state index < -0.39 is 5.97 Å². The van der Waals surface area contributed by atoms with E-state index in [4.69, 9.17) is 10.8 Å². The molecular weight excluding hydrogens is 198 g/mol. The Balaban J connectivity index is 2.44. The maximum Gasteiger partial charge on any atom is 0.323 e. The fourth-order valence-corrected chi connectivity index (χ4v) is 1.71. The topological polar surface area (TPSA) is 86.9 Å². The molecule has 86 valence electrons. The predicted octanol–water partition coefficient (Wildman–Crippen LogP) is -0.597. The first-order chi connectivity index (χ1) is 7.04. The van der Waals surface area contributed by atoms with Crippen LogP contribution in [0.2, 0.25) is 0 Å². The lowest BCUT2D eigenvalue weighted by atomic mass is 10.1. The van der Waals surface area contributed by atoms with Crippen LogP contribution in [0.15, 0.2) is 0 Å². The van der Waals surface area contributed by atoms with Crippen LogP contribution in [0, 0.1) is 5.92 Å². The summed E-state index contributed by atoms with van der Waals surface area (Å²) >= 11 is 0. The smallest absolute Gasteiger partial charge is 0.323 e. The summed E-state index contributed by atoms with van der Waals surface area (Å²) < 4.78 is 0. The van der Waals surface area contributed by atoms with E-state index in [1.807, 2.05) is 0 Å². The van der Waals surface area contributed by atoms with Gasteiger partial charge in [0.15, 0.2) is 0 Å². The third-order valence-electron chi connectivity index (χ3n) is 2.59. The number of likely N-dealkylation sites (tertiary alicyclic amines) is 1. The number of carbonyl (C=O) groups excluding carboxylic acids is 1. The van der Waals surface area contributed by atoms with Gasteiger partial charge in [-0.25, -0.2) is 4.79 Å². The number of hydrogen-bond acceptors (Lipinski definition) is 3. The first kappa shape index (κ1) is 11.8. The number of aliphatic carboxylic acids is 1. The van der Waals surface area contributed by atoms with Crippen molar-refractivity contribution in [3.8, 4) is 0 Å². The Morgan fingerprint density at radius 2 is 2.27 bits per heavy atom. The zero-order valence-corrected chi connectivity index (χ0v) is 8.85. The molecule has 6 heteroatoms. The molecule has 3 N–H and O–H groups in total. The number of carbonyl (C=O) groups is 2. The Labute approximate surface area is 88.6 Å². The van der Waals surface area contributed by atoms with E-state index in [0.29, 0.717) is 25.6 Å². The van der Waals surface area contributed by atoms with E-state index in [9.17, 15) is 9.59 Å². The Morgan fingerprint density at radius 3 is 2.73 bits per heavy atom. The van der Waals surface area contributed by atoms with Crippen molar-refractivity contribution in [1.29, 1.82) is 0 Å². The number of nitrogens with two attached hydrogens (primary N) is 1. The van der Waals surface area contributed by atoms with Gasteiger partial charge in [0.1, 0.15) is 6.54 Å². The first-order valence-electron chi connectivity index (χ1n) is 4.96. The fraction of sp³-hybridized carbons (Fsp3) is 0.778. The van der Waals surface area contributed by atoms with Crippen LogP contribution in [0.5, 0.6) is 0 Å². The average molecular weight is 215 g/mol. The molecule has 1 fully saturated rings. The maximum atomic E-state index is 11.7. The monoisotopic (exact) mass is 215 g/mol. The summed E-state index contributed by atoms with van der Waals surface area (Å²) in [4.78, 5) is 25.0. The highest BCUT2D eigenvalue weighted by molar-refractivity contribution is 5.80. The van der Waals surface area contributed by atoms with Gasteiger partial charge in [-0.1, -0.05) is 0 Å². The lowest BCUT2D eigenvalue weighted by molar-refractivity contribution is -0.137. The number of nitrogens with zero attached hydrogens (tertiary/aromatic N) is 2. The molecule has 0 aromatic heterocycles. The molecule has 0 saturated carbocycles. The van der Waals surface area contributed by atoms with Crippen molar-refractivity contribution in [3.05, 3.63) is 0 Å². The highest BCUT2D eigenvalue weighted by Gasteiger charge is 2.27. The van der Waals surface area contributed by atoms with Gasteiger partial charge in [0, 0.05) is 20.1 Å². The molecule has 0 spiro atoms. The van der Waals surface area contributed by atoms with Crippen LogP contribution in [0.25, 0.3) is 0 Å². The van der Waals surface area contributed by atoms with E-state index >= 15 is 0 Å². The van der Waals surface area contributed by atoms with E-state index in [0.717, 1.165) is 6.42 Å². The van der Waals surface area contributed by atoms with E-state index in [1.54, 1.807) is 4.90 Å². The summed E-state index contributed by atoms with van der Waals surface area (Å²) in [6.45, 7) is 1.62. The summed E-state index contributed by atoms with van der Waals surface area (Å²) in [5.74, 6) is -0.646. The third kappa shape index (κ3) is 3.09. The van der Waals surface area contributed by atoms with Gasteiger partial charge in [0.05, 0.1) is 0 Å². The van der Waals surface area contributed by atoms with Gasteiger partial charge in [0.2, 0.25) is 0 Å². The number of likely N-dealkylation sites (N-methyl/N-ethyl adjacent to an activating group) is 1. The largest absolute Gasteiger partial charge is 0.480 e. The van der Waals surface area contributed by atoms with Crippen molar-refractivity contribution >= 4 is 12.0 Å². The highest BCUT2D eigenvalue weighted by Crippen LogP contribution is 2.15. The fourth-order valence-electron chi connectivity index (χ4n) is 1.71. The molecule has 2 amide bonds. The molecule has 0 bridgehead atoms. The number of urea groups is 1. The van der Waals surface area contributed by atoms with Crippen molar-refractivity contribution in [3.63, 3.8) is 0 Å². The molecule has 1 saturated heterocycles. The van der Waals surface area contributed by atoms with Crippen molar-refractivity contribution < 1.29 is 14.7 Å². The normalized spacial score (nSPS) is 20.4. The SMILES string of the molecule is CN(CC(=O)O)C(=O)N1CCC(CN)C1. The number of rotatable bonds is 3. The second-order valence-electron chi connectivity index (χ2n) is 3.87. The molecular formula is C9H17N3O3. The van der Waals surface area contributed by atoms with Crippen LogP contribution in [-0.2, 0) is 4.79 Å². The standard InChI is InChI=1S/C9H17N3O3/c1-11(6-8(13)14)9(15)12-3-2-7(4-10)5-12/h7H,2-6,10H2,1H3,(H,13,14). The predicted molar refractivity (Wildman–Crippen MR) is 54.4 cm³/mol. The molecule has 15 heavy (non-hydrogen) atoms. The minimum Gasteiger partial charge on any atom is -0.480 e. The van der Waals surface area contributed by atoms with Crippen molar-refractivity contribution in [1.82, 2.24) is 9.80 Å². The Bertz CT molecular complexity index is 257. The van der Waals surface area contributed by atoms with Crippen LogP contribution >= 0.6 is 0 Å². The number of amides is 2. The number of hydrogen-bond donors (Lipinski definition) is 2. The van der Waals surface area contributed by atoms with Crippen LogP contribution < -0.4 is 5.73 Å². The van der Waals surface area contributed by atoms with Gasteiger partial charge in [-0.15, -0.1) is 0 Å². The van der Waals surface area contributed by atoms with Gasteiger partial charge in [-0.05, 0) is 18.9 Å². The van der Waals surface area contributed by atoms with E-state index in [-0.39, 0.29) is 12.6 Å². The summed E-state index contributed by atoms with van der Waals surface area (Å²) in [7, 11) is 1.49. The van der Waals surface area contributed by atoms with Gasteiger partial charge >= 0.3 is 12.0 Å². The zero-order chi connectivity index (χ0) is 11.4. The molecule has 1 aliphatic rings. The molecule has 1 aliphatic heterocycles. The molecule has 0 radical (unpaired) electrons. The van der Waals surface area contributed by atoms with Gasteiger partial charge < -0.3 is 20.6 Å². The van der Waals surface area contributed by atoms with E-state index in [1.165, 1.54) is 11.9 Å². The van der Waals surface area contributed by atoms with Crippen LogP contribution in [0.1, 0.15) is 6.42 Å². The van der Waals surface area contributed by atoms with Crippen molar-refractivity contribution in [2.24, 2.45) is 11.7 Å². The summed E-state index contributed by atoms with van der Waals surface area (Å²) in [6, 6.07) is -0.228. The molecule has 1 unspecified atom stereocenters. The number of carboxylic acid groups (broad SMARTS) is 1. The summed E-state index contributed by atoms with van der Waals surface area (Å²) in [5.41, 5.74) is 5.51. The minimum absolute atomic E-state index is 0.228. The summed E-state index contributed by atoms with van der Waals surface area (Å²) in [6.07, 6.45) is 0.906. The van der Waals surface area contributed by atoms with Crippen molar-refractivity contribution in [2.75, 3.05) is 33.2 Å². The highest BCUT2D eigenvalue weighted by atomic mass is 16.4. The first-order valence-corrected chi connectivity index (χ1v) is 4.96. The van der Waals surface area contributed by atoms with E-state index in [2.05, 4.69) is 0 Å². The van der Waals surface area contributed by atoms with Crippen LogP contribution in [-0.4, -0.2) is 60.1 Å². The molecule has 6 nitrogen and oxygen atoms in total. The van der Waals surface area contributed by atoms with Gasteiger partial charge in [-0.2, -0.15) is 0 Å². The zero-order valence-electron chi connectivity index (χ0n) is 8.85. The molecule has 0 aliphatic carbocycles. The Kier molecular flexibility index (Phi) is 3.90. The second kappa shape index (κ2) is 4.97. The molecule has 1 rings (SSSR count). The average Bonchev–Trinajstić information content (AvgIpc) is 2.63. The molecule has 0 aromatic carbocycles. The van der Waals surface area contributed by atoms with Crippen molar-refractivity contribution in [2.45, 2.75) is 6.42 Å². The Morgan fingerprint density at radius 1 is 1.60 bits per heavy atom. The Hall–Kier alpha value is -1.30. The third-order valence-corrected chi connectivity index (χ3v) is 2.59. The lowest BCUT2D eigenvalue weighted by Gasteiger charge is -2.23. The second-order valence-corrected chi connectivity index (χ2v) is 3.87. The summed E-state index contributed by atoms with van der Waals surface area (Å²) in [5, 5.41) is 8.54.